The van der Waals surface area contributed by atoms with Crippen LogP contribution >= 0.6 is 0 Å². The zero-order chi connectivity index (χ0) is 12.4. The van der Waals surface area contributed by atoms with E-state index in [4.69, 9.17) is 0 Å². The number of aryl methyl sites for hydroxylation is 1. The Bertz CT molecular complexity index is 402. The largest absolute Gasteiger partial charge is 0.314 e. The predicted octanol–water partition coefficient (Wildman–Crippen LogP) is 2.57. The van der Waals surface area contributed by atoms with Gasteiger partial charge in [-0.15, -0.1) is 0 Å². The standard InChI is InChI=1S/C16H24N2/c1-13-4-2-5-14(10-13)11-18-9-7-16-15(12-18)6-3-8-17-16/h2,4-5,10,15-17H,3,6-9,11-12H2,1H3. The van der Waals surface area contributed by atoms with Crippen LogP contribution < -0.4 is 5.32 Å². The second kappa shape index (κ2) is 5.41. The van der Waals surface area contributed by atoms with Crippen molar-refractivity contribution in [2.45, 2.75) is 38.8 Å². The lowest BCUT2D eigenvalue weighted by atomic mass is 9.85. The minimum atomic E-state index is 0.799. The maximum Gasteiger partial charge on any atom is 0.0233 e. The average molecular weight is 244 g/mol. The molecule has 2 aliphatic rings. The number of piperidine rings is 2. The Balaban J connectivity index is 1.61. The van der Waals surface area contributed by atoms with Crippen LogP contribution in [0.3, 0.4) is 0 Å². The molecule has 2 unspecified atom stereocenters. The van der Waals surface area contributed by atoms with Crippen LogP contribution in [0.25, 0.3) is 0 Å². The van der Waals surface area contributed by atoms with Crippen LogP contribution in [-0.2, 0) is 6.54 Å². The average Bonchev–Trinajstić information content (AvgIpc) is 2.39. The van der Waals surface area contributed by atoms with Crippen LogP contribution in [0, 0.1) is 12.8 Å². The van der Waals surface area contributed by atoms with Crippen molar-refractivity contribution < 1.29 is 0 Å². The van der Waals surface area contributed by atoms with Gasteiger partial charge in [-0.25, -0.2) is 0 Å². The Hall–Kier alpha value is -0.860. The number of rotatable bonds is 2. The van der Waals surface area contributed by atoms with Crippen LogP contribution in [0.5, 0.6) is 0 Å². The van der Waals surface area contributed by atoms with Gasteiger partial charge in [0.1, 0.15) is 0 Å². The van der Waals surface area contributed by atoms with Gasteiger partial charge >= 0.3 is 0 Å². The third-order valence-electron chi connectivity index (χ3n) is 4.46. The van der Waals surface area contributed by atoms with Crippen molar-refractivity contribution in [2.75, 3.05) is 19.6 Å². The molecule has 1 N–H and O–H groups in total. The molecule has 2 fully saturated rings. The van der Waals surface area contributed by atoms with Crippen LogP contribution in [-0.4, -0.2) is 30.6 Å². The summed E-state index contributed by atoms with van der Waals surface area (Å²) in [5.74, 6) is 0.886. The van der Waals surface area contributed by atoms with Gasteiger partial charge in [-0.3, -0.25) is 4.90 Å². The van der Waals surface area contributed by atoms with E-state index in [-0.39, 0.29) is 0 Å². The summed E-state index contributed by atoms with van der Waals surface area (Å²) < 4.78 is 0. The van der Waals surface area contributed by atoms with E-state index in [1.165, 1.54) is 50.0 Å². The number of nitrogens with zero attached hydrogens (tertiary/aromatic N) is 1. The zero-order valence-corrected chi connectivity index (χ0v) is 11.4. The highest BCUT2D eigenvalue weighted by Crippen LogP contribution is 2.25. The molecule has 0 aromatic heterocycles. The van der Waals surface area contributed by atoms with E-state index < -0.39 is 0 Å². The predicted molar refractivity (Wildman–Crippen MR) is 75.6 cm³/mol. The normalized spacial score (nSPS) is 28.9. The molecule has 0 amide bonds. The molecule has 2 aliphatic heterocycles. The highest BCUT2D eigenvalue weighted by atomic mass is 15.2. The number of hydrogen-bond acceptors (Lipinski definition) is 2. The molecule has 0 spiro atoms. The number of nitrogens with one attached hydrogen (secondary N) is 1. The minimum absolute atomic E-state index is 0.799. The lowest BCUT2D eigenvalue weighted by Gasteiger charge is -2.41. The fourth-order valence-electron chi connectivity index (χ4n) is 3.53. The molecule has 0 bridgehead atoms. The van der Waals surface area contributed by atoms with E-state index in [2.05, 4.69) is 41.4 Å². The van der Waals surface area contributed by atoms with Crippen molar-refractivity contribution >= 4 is 0 Å². The molecule has 2 nitrogen and oxygen atoms in total. The first kappa shape index (κ1) is 12.2. The molecule has 2 heterocycles. The van der Waals surface area contributed by atoms with Crippen LogP contribution in [0.15, 0.2) is 24.3 Å². The van der Waals surface area contributed by atoms with E-state index in [0.29, 0.717) is 0 Å². The molecule has 2 atom stereocenters. The van der Waals surface area contributed by atoms with Gasteiger partial charge in [-0.1, -0.05) is 29.8 Å². The Morgan fingerprint density at radius 2 is 2.28 bits per heavy atom. The summed E-state index contributed by atoms with van der Waals surface area (Å²) in [6, 6.07) is 9.75. The monoisotopic (exact) mass is 244 g/mol. The molecule has 0 radical (unpaired) electrons. The SMILES string of the molecule is Cc1cccc(CN2CCC3NCCCC3C2)c1. The summed E-state index contributed by atoms with van der Waals surface area (Å²) in [4.78, 5) is 2.64. The topological polar surface area (TPSA) is 15.3 Å². The second-order valence-corrected chi connectivity index (χ2v) is 5.98. The zero-order valence-electron chi connectivity index (χ0n) is 11.4. The van der Waals surface area contributed by atoms with E-state index in [1.807, 2.05) is 0 Å². The summed E-state index contributed by atoms with van der Waals surface area (Å²) in [6.07, 6.45) is 4.11. The van der Waals surface area contributed by atoms with Crippen molar-refractivity contribution in [3.05, 3.63) is 35.4 Å². The van der Waals surface area contributed by atoms with E-state index in [9.17, 15) is 0 Å². The third kappa shape index (κ3) is 2.76. The smallest absolute Gasteiger partial charge is 0.0233 e. The van der Waals surface area contributed by atoms with Gasteiger partial charge in [0.2, 0.25) is 0 Å². The van der Waals surface area contributed by atoms with Crippen LogP contribution in [0.2, 0.25) is 0 Å². The summed E-state index contributed by atoms with van der Waals surface area (Å²) in [6.45, 7) is 7.08. The van der Waals surface area contributed by atoms with Gasteiger partial charge in [0.05, 0.1) is 0 Å². The molecule has 0 aliphatic carbocycles. The van der Waals surface area contributed by atoms with E-state index >= 15 is 0 Å². The van der Waals surface area contributed by atoms with Crippen molar-refractivity contribution in [1.29, 1.82) is 0 Å². The molecule has 1 aromatic carbocycles. The molecule has 2 heteroatoms. The van der Waals surface area contributed by atoms with Crippen LogP contribution in [0.4, 0.5) is 0 Å². The number of hydrogen-bond donors (Lipinski definition) is 1. The molecular weight excluding hydrogens is 220 g/mol. The lowest BCUT2D eigenvalue weighted by Crippen LogP contribution is -2.51. The van der Waals surface area contributed by atoms with Crippen LogP contribution in [0.1, 0.15) is 30.4 Å². The summed E-state index contributed by atoms with van der Waals surface area (Å²) in [5, 5.41) is 3.69. The Morgan fingerprint density at radius 1 is 1.33 bits per heavy atom. The van der Waals surface area contributed by atoms with Gasteiger partial charge in [0.25, 0.3) is 0 Å². The first-order chi connectivity index (χ1) is 8.81. The van der Waals surface area contributed by atoms with Gasteiger partial charge in [-0.05, 0) is 50.8 Å². The van der Waals surface area contributed by atoms with Crippen molar-refractivity contribution in [3.8, 4) is 0 Å². The summed E-state index contributed by atoms with van der Waals surface area (Å²) >= 11 is 0. The van der Waals surface area contributed by atoms with Crippen molar-refractivity contribution in [2.24, 2.45) is 5.92 Å². The molecule has 1 aromatic rings. The fourth-order valence-corrected chi connectivity index (χ4v) is 3.53. The first-order valence-electron chi connectivity index (χ1n) is 7.32. The highest BCUT2D eigenvalue weighted by molar-refractivity contribution is 5.22. The Morgan fingerprint density at radius 3 is 3.17 bits per heavy atom. The van der Waals surface area contributed by atoms with Crippen molar-refractivity contribution in [1.82, 2.24) is 10.2 Å². The van der Waals surface area contributed by atoms with Gasteiger partial charge < -0.3 is 5.32 Å². The third-order valence-corrected chi connectivity index (χ3v) is 4.46. The molecule has 18 heavy (non-hydrogen) atoms. The fraction of sp³-hybridized carbons (Fsp3) is 0.625. The Kier molecular flexibility index (Phi) is 3.67. The van der Waals surface area contributed by atoms with Gasteiger partial charge in [0.15, 0.2) is 0 Å². The number of benzene rings is 1. The lowest BCUT2D eigenvalue weighted by molar-refractivity contribution is 0.109. The minimum Gasteiger partial charge on any atom is -0.314 e. The Labute approximate surface area is 110 Å². The molecule has 3 rings (SSSR count). The van der Waals surface area contributed by atoms with Gasteiger partial charge in [0, 0.05) is 19.1 Å². The maximum absolute atomic E-state index is 3.69. The maximum atomic E-state index is 3.69. The van der Waals surface area contributed by atoms with E-state index in [1.54, 1.807) is 0 Å². The summed E-state index contributed by atoms with van der Waals surface area (Å²) in [7, 11) is 0. The second-order valence-electron chi connectivity index (χ2n) is 5.98. The van der Waals surface area contributed by atoms with Gasteiger partial charge in [-0.2, -0.15) is 0 Å². The van der Waals surface area contributed by atoms with E-state index in [0.717, 1.165) is 18.5 Å². The molecule has 2 saturated heterocycles. The first-order valence-corrected chi connectivity index (χ1v) is 7.32. The molecule has 0 saturated carbocycles. The summed E-state index contributed by atoms with van der Waals surface area (Å²) in [5.41, 5.74) is 2.85. The quantitative estimate of drug-likeness (QED) is 0.860. The number of fused-ring (bicyclic) bond motifs is 1. The molecular formula is C16H24N2. The highest BCUT2D eigenvalue weighted by Gasteiger charge is 2.30. The number of likely N-dealkylation sites (tertiary alicyclic amines) is 1. The van der Waals surface area contributed by atoms with Crippen molar-refractivity contribution in [3.63, 3.8) is 0 Å². The molecule has 98 valence electrons.